The number of carbonyl (C=O) groups is 1. The fourth-order valence-electron chi connectivity index (χ4n) is 4.67. The number of piperidine rings is 1. The molecule has 1 amide bonds. The first kappa shape index (κ1) is 23.1. The SMILES string of the molecule is O=C(Nc1ccc(N2CCC(NCc3nc(-c4ccccc4)n[nH]3)CC2)cc1)c1ccc2c(c1)OCO2. The first-order valence-corrected chi connectivity index (χ1v) is 12.5. The highest BCUT2D eigenvalue weighted by Crippen LogP contribution is 2.32. The Hall–Kier alpha value is -4.37. The summed E-state index contributed by atoms with van der Waals surface area (Å²) in [5.41, 5.74) is 3.45. The molecule has 3 aromatic carbocycles. The Labute approximate surface area is 214 Å². The molecule has 1 fully saturated rings. The molecule has 1 aromatic heterocycles. The highest BCUT2D eigenvalue weighted by atomic mass is 16.7. The van der Waals surface area contributed by atoms with E-state index < -0.39 is 0 Å². The number of H-pyrrole nitrogens is 1. The van der Waals surface area contributed by atoms with E-state index in [0.717, 1.165) is 54.5 Å². The molecule has 9 heteroatoms. The molecule has 3 heterocycles. The van der Waals surface area contributed by atoms with Gasteiger partial charge in [-0.2, -0.15) is 5.10 Å². The molecule has 2 aliphatic heterocycles. The van der Waals surface area contributed by atoms with Crippen molar-refractivity contribution in [1.82, 2.24) is 20.5 Å². The van der Waals surface area contributed by atoms with Gasteiger partial charge in [-0.3, -0.25) is 9.89 Å². The van der Waals surface area contributed by atoms with Crippen LogP contribution >= 0.6 is 0 Å². The third-order valence-electron chi connectivity index (χ3n) is 6.74. The quantitative estimate of drug-likeness (QED) is 0.352. The number of nitrogens with one attached hydrogen (secondary N) is 3. The Bertz CT molecular complexity index is 1360. The van der Waals surface area contributed by atoms with Gasteiger partial charge in [0.25, 0.3) is 5.91 Å². The molecule has 188 valence electrons. The van der Waals surface area contributed by atoms with Gasteiger partial charge >= 0.3 is 0 Å². The maximum atomic E-state index is 12.6. The van der Waals surface area contributed by atoms with Crippen LogP contribution in [0.25, 0.3) is 11.4 Å². The molecule has 0 atom stereocenters. The van der Waals surface area contributed by atoms with Crippen molar-refractivity contribution >= 4 is 17.3 Å². The summed E-state index contributed by atoms with van der Waals surface area (Å²) < 4.78 is 10.7. The first-order chi connectivity index (χ1) is 18.2. The zero-order valence-electron chi connectivity index (χ0n) is 20.3. The number of hydrogen-bond donors (Lipinski definition) is 3. The minimum absolute atomic E-state index is 0.180. The molecule has 0 radical (unpaired) electrons. The fourth-order valence-corrected chi connectivity index (χ4v) is 4.67. The summed E-state index contributed by atoms with van der Waals surface area (Å²) in [4.78, 5) is 19.6. The molecule has 6 rings (SSSR count). The van der Waals surface area contributed by atoms with Gasteiger partial charge in [-0.25, -0.2) is 4.98 Å². The van der Waals surface area contributed by atoms with Crippen LogP contribution in [-0.2, 0) is 6.54 Å². The second kappa shape index (κ2) is 10.3. The Balaban J connectivity index is 0.977. The topological polar surface area (TPSA) is 104 Å². The van der Waals surface area contributed by atoms with Gasteiger partial charge in [-0.15, -0.1) is 0 Å². The number of anilines is 2. The number of benzene rings is 3. The van der Waals surface area contributed by atoms with E-state index in [1.54, 1.807) is 18.2 Å². The molecule has 1 saturated heterocycles. The normalized spacial score (nSPS) is 15.1. The summed E-state index contributed by atoms with van der Waals surface area (Å²) in [6.45, 7) is 2.78. The summed E-state index contributed by atoms with van der Waals surface area (Å²) in [5, 5.41) is 13.9. The Morgan fingerprint density at radius 3 is 2.57 bits per heavy atom. The molecule has 0 spiro atoms. The van der Waals surface area contributed by atoms with Crippen LogP contribution in [0.2, 0.25) is 0 Å². The lowest BCUT2D eigenvalue weighted by atomic mass is 10.0. The van der Waals surface area contributed by atoms with Crippen LogP contribution in [-0.4, -0.2) is 47.0 Å². The van der Waals surface area contributed by atoms with E-state index in [1.807, 2.05) is 42.5 Å². The van der Waals surface area contributed by atoms with E-state index in [4.69, 9.17) is 9.47 Å². The lowest BCUT2D eigenvalue weighted by Crippen LogP contribution is -2.42. The molecule has 0 unspecified atom stereocenters. The molecule has 3 N–H and O–H groups in total. The van der Waals surface area contributed by atoms with Crippen LogP contribution in [0.4, 0.5) is 11.4 Å². The number of fused-ring (bicyclic) bond motifs is 1. The monoisotopic (exact) mass is 496 g/mol. The van der Waals surface area contributed by atoms with Gasteiger partial charge in [0.2, 0.25) is 6.79 Å². The van der Waals surface area contributed by atoms with Crippen molar-refractivity contribution in [3.05, 3.63) is 84.2 Å². The minimum Gasteiger partial charge on any atom is -0.454 e. The average molecular weight is 497 g/mol. The van der Waals surface area contributed by atoms with Crippen molar-refractivity contribution in [1.29, 1.82) is 0 Å². The number of carbonyl (C=O) groups excluding carboxylic acids is 1. The molecule has 4 aromatic rings. The number of nitrogens with zero attached hydrogens (tertiary/aromatic N) is 3. The number of rotatable bonds is 7. The van der Waals surface area contributed by atoms with Crippen LogP contribution in [0.15, 0.2) is 72.8 Å². The van der Waals surface area contributed by atoms with Gasteiger partial charge < -0.3 is 25.0 Å². The van der Waals surface area contributed by atoms with Crippen LogP contribution in [0, 0.1) is 0 Å². The van der Waals surface area contributed by atoms with Crippen LogP contribution in [0.5, 0.6) is 11.5 Å². The molecule has 0 saturated carbocycles. The van der Waals surface area contributed by atoms with Crippen molar-refractivity contribution in [2.24, 2.45) is 0 Å². The Morgan fingerprint density at radius 2 is 1.76 bits per heavy atom. The van der Waals surface area contributed by atoms with Gasteiger partial charge in [0.15, 0.2) is 17.3 Å². The number of ether oxygens (including phenoxy) is 2. The Kier molecular flexibility index (Phi) is 6.43. The van der Waals surface area contributed by atoms with Gasteiger partial charge in [0, 0.05) is 41.6 Å². The number of aromatic amines is 1. The highest BCUT2D eigenvalue weighted by molar-refractivity contribution is 6.04. The summed E-state index contributed by atoms with van der Waals surface area (Å²) in [6, 6.07) is 23.6. The van der Waals surface area contributed by atoms with Gasteiger partial charge in [-0.1, -0.05) is 30.3 Å². The highest BCUT2D eigenvalue weighted by Gasteiger charge is 2.20. The number of aromatic nitrogens is 3. The predicted molar refractivity (Wildman–Crippen MR) is 141 cm³/mol. The smallest absolute Gasteiger partial charge is 0.255 e. The lowest BCUT2D eigenvalue weighted by molar-refractivity contribution is 0.102. The van der Waals surface area contributed by atoms with E-state index in [2.05, 4.69) is 42.8 Å². The zero-order valence-corrected chi connectivity index (χ0v) is 20.3. The van der Waals surface area contributed by atoms with Crippen LogP contribution in [0.3, 0.4) is 0 Å². The van der Waals surface area contributed by atoms with Crippen molar-refractivity contribution in [2.75, 3.05) is 30.1 Å². The largest absolute Gasteiger partial charge is 0.454 e. The third-order valence-corrected chi connectivity index (χ3v) is 6.74. The van der Waals surface area contributed by atoms with E-state index >= 15 is 0 Å². The van der Waals surface area contributed by atoms with Gasteiger partial charge in [0.1, 0.15) is 5.82 Å². The molecule has 2 aliphatic rings. The molecular formula is C28H28N6O3. The summed E-state index contributed by atoms with van der Waals surface area (Å²) in [6.07, 6.45) is 2.09. The molecular weight excluding hydrogens is 468 g/mol. The molecule has 37 heavy (non-hydrogen) atoms. The minimum atomic E-state index is -0.180. The number of hydrogen-bond acceptors (Lipinski definition) is 7. The van der Waals surface area contributed by atoms with Crippen LogP contribution in [0.1, 0.15) is 29.0 Å². The summed E-state index contributed by atoms with van der Waals surface area (Å²) in [7, 11) is 0. The standard InChI is InChI=1S/C28H28N6O3/c35-28(20-6-11-24-25(16-20)37-18-36-24)30-22-7-9-23(10-8-22)34-14-12-21(13-15-34)29-17-26-31-27(33-32-26)19-4-2-1-3-5-19/h1-11,16,21,29H,12-15,17-18H2,(H,30,35)(H,31,32,33). The third kappa shape index (κ3) is 5.26. The molecule has 0 aliphatic carbocycles. The second-order valence-corrected chi connectivity index (χ2v) is 9.18. The van der Waals surface area contributed by atoms with E-state index in [1.165, 1.54) is 0 Å². The van der Waals surface area contributed by atoms with Crippen molar-refractivity contribution in [2.45, 2.75) is 25.4 Å². The van der Waals surface area contributed by atoms with Gasteiger partial charge in [0.05, 0.1) is 6.54 Å². The maximum absolute atomic E-state index is 12.6. The van der Waals surface area contributed by atoms with Gasteiger partial charge in [-0.05, 0) is 55.3 Å². The van der Waals surface area contributed by atoms with Crippen molar-refractivity contribution in [3.8, 4) is 22.9 Å². The zero-order chi connectivity index (χ0) is 25.0. The predicted octanol–water partition coefficient (Wildman–Crippen LogP) is 4.21. The van der Waals surface area contributed by atoms with E-state index in [9.17, 15) is 4.79 Å². The maximum Gasteiger partial charge on any atom is 0.255 e. The number of amides is 1. The van der Waals surface area contributed by atoms with E-state index in [0.29, 0.717) is 29.6 Å². The molecule has 0 bridgehead atoms. The summed E-state index contributed by atoms with van der Waals surface area (Å²) in [5.74, 6) is 2.65. The lowest BCUT2D eigenvalue weighted by Gasteiger charge is -2.34. The van der Waals surface area contributed by atoms with Crippen molar-refractivity contribution < 1.29 is 14.3 Å². The van der Waals surface area contributed by atoms with Crippen LogP contribution < -0.4 is 25.0 Å². The molecule has 9 nitrogen and oxygen atoms in total. The Morgan fingerprint density at radius 1 is 0.973 bits per heavy atom. The first-order valence-electron chi connectivity index (χ1n) is 12.5. The van der Waals surface area contributed by atoms with E-state index in [-0.39, 0.29) is 12.7 Å². The van der Waals surface area contributed by atoms with Crippen molar-refractivity contribution in [3.63, 3.8) is 0 Å². The fraction of sp³-hybridized carbons (Fsp3) is 0.250. The average Bonchev–Trinajstić information content (AvgIpc) is 3.63. The summed E-state index contributed by atoms with van der Waals surface area (Å²) >= 11 is 0. The second-order valence-electron chi connectivity index (χ2n) is 9.18.